The molecule has 138 valence electrons. The zero-order chi connectivity index (χ0) is 17.9. The number of ether oxygens (including phenoxy) is 1. The van der Waals surface area contributed by atoms with Crippen molar-refractivity contribution >= 4 is 12.0 Å². The third-order valence-electron chi connectivity index (χ3n) is 4.77. The minimum absolute atomic E-state index is 0.230. The van der Waals surface area contributed by atoms with E-state index in [1.54, 1.807) is 4.90 Å². The molecule has 1 aliphatic carbocycles. The van der Waals surface area contributed by atoms with Crippen LogP contribution in [0.1, 0.15) is 57.7 Å². The number of carbonyl (C=O) groups is 1. The molecule has 6 nitrogen and oxygen atoms in total. The van der Waals surface area contributed by atoms with Crippen molar-refractivity contribution in [2.75, 3.05) is 31.1 Å². The van der Waals surface area contributed by atoms with E-state index < -0.39 is 5.60 Å². The number of nitrogens with zero attached hydrogens (tertiary/aromatic N) is 4. The zero-order valence-electron chi connectivity index (χ0n) is 15.8. The molecular formula is C19H30N4O2. The Kier molecular flexibility index (Phi) is 5.45. The molecule has 1 aliphatic heterocycles. The highest BCUT2D eigenvalue weighted by Gasteiger charge is 2.27. The lowest BCUT2D eigenvalue weighted by Crippen LogP contribution is -2.50. The SMILES string of the molecule is CC(C)(C)OC(=O)N1CCN(c2ncc3c(n2)CCCCCC3)CC1. The van der Waals surface area contributed by atoms with Crippen LogP contribution in [0.4, 0.5) is 10.7 Å². The molecule has 3 rings (SSSR count). The molecule has 0 bridgehead atoms. The molecule has 0 saturated carbocycles. The summed E-state index contributed by atoms with van der Waals surface area (Å²) in [5.41, 5.74) is 2.09. The molecule has 2 aliphatic rings. The molecule has 1 fully saturated rings. The zero-order valence-corrected chi connectivity index (χ0v) is 15.8. The van der Waals surface area contributed by atoms with Crippen molar-refractivity contribution in [1.82, 2.24) is 14.9 Å². The van der Waals surface area contributed by atoms with E-state index in [9.17, 15) is 4.79 Å². The van der Waals surface area contributed by atoms with Crippen LogP contribution in [0.5, 0.6) is 0 Å². The fourth-order valence-corrected chi connectivity index (χ4v) is 3.39. The van der Waals surface area contributed by atoms with Crippen molar-refractivity contribution in [3.05, 3.63) is 17.5 Å². The van der Waals surface area contributed by atoms with Crippen molar-refractivity contribution in [2.45, 2.75) is 64.9 Å². The quantitative estimate of drug-likeness (QED) is 0.781. The van der Waals surface area contributed by atoms with E-state index in [-0.39, 0.29) is 6.09 Å². The monoisotopic (exact) mass is 346 g/mol. The van der Waals surface area contributed by atoms with Crippen LogP contribution in [0.25, 0.3) is 0 Å². The van der Waals surface area contributed by atoms with E-state index in [4.69, 9.17) is 9.72 Å². The van der Waals surface area contributed by atoms with Gasteiger partial charge in [-0.3, -0.25) is 0 Å². The van der Waals surface area contributed by atoms with Crippen LogP contribution in [0.2, 0.25) is 0 Å². The van der Waals surface area contributed by atoms with Gasteiger partial charge in [-0.2, -0.15) is 0 Å². The molecule has 0 radical (unpaired) electrons. The minimum Gasteiger partial charge on any atom is -0.444 e. The molecule has 0 unspecified atom stereocenters. The van der Waals surface area contributed by atoms with Gasteiger partial charge in [0.25, 0.3) is 0 Å². The van der Waals surface area contributed by atoms with Crippen LogP contribution in [0.3, 0.4) is 0 Å². The minimum atomic E-state index is -0.451. The number of aryl methyl sites for hydroxylation is 2. The van der Waals surface area contributed by atoms with Crippen molar-refractivity contribution < 1.29 is 9.53 Å². The third kappa shape index (κ3) is 4.83. The van der Waals surface area contributed by atoms with Crippen LogP contribution >= 0.6 is 0 Å². The molecule has 1 aromatic rings. The van der Waals surface area contributed by atoms with Crippen molar-refractivity contribution in [1.29, 1.82) is 0 Å². The summed E-state index contributed by atoms with van der Waals surface area (Å²) in [6, 6.07) is 0. The van der Waals surface area contributed by atoms with E-state index in [2.05, 4.69) is 9.88 Å². The predicted octanol–water partition coefficient (Wildman–Crippen LogP) is 3.19. The molecule has 0 aromatic carbocycles. The Bertz CT molecular complexity index is 604. The van der Waals surface area contributed by atoms with Gasteiger partial charge in [-0.15, -0.1) is 0 Å². The Labute approximate surface area is 150 Å². The molecular weight excluding hydrogens is 316 g/mol. The summed E-state index contributed by atoms with van der Waals surface area (Å²) in [4.78, 5) is 25.6. The second kappa shape index (κ2) is 7.58. The Morgan fingerprint density at radius 1 is 1.04 bits per heavy atom. The first-order valence-corrected chi connectivity index (χ1v) is 9.50. The van der Waals surface area contributed by atoms with Crippen LogP contribution in [-0.2, 0) is 17.6 Å². The topological polar surface area (TPSA) is 58.6 Å². The van der Waals surface area contributed by atoms with Gasteiger partial charge >= 0.3 is 6.09 Å². The van der Waals surface area contributed by atoms with Crippen LogP contribution in [0.15, 0.2) is 6.20 Å². The number of carbonyl (C=O) groups excluding carboxylic acids is 1. The van der Waals surface area contributed by atoms with E-state index in [0.29, 0.717) is 13.1 Å². The van der Waals surface area contributed by atoms with Crippen molar-refractivity contribution in [2.24, 2.45) is 0 Å². The van der Waals surface area contributed by atoms with Crippen LogP contribution in [0, 0.1) is 0 Å². The lowest BCUT2D eigenvalue weighted by molar-refractivity contribution is 0.0240. The second-order valence-corrected chi connectivity index (χ2v) is 8.01. The number of rotatable bonds is 1. The first-order chi connectivity index (χ1) is 11.9. The van der Waals surface area contributed by atoms with Gasteiger partial charge in [-0.05, 0) is 52.0 Å². The van der Waals surface area contributed by atoms with Crippen LogP contribution < -0.4 is 4.90 Å². The van der Waals surface area contributed by atoms with Crippen molar-refractivity contribution in [3.8, 4) is 0 Å². The average Bonchev–Trinajstić information content (AvgIpc) is 2.54. The fourth-order valence-electron chi connectivity index (χ4n) is 3.39. The number of piperazine rings is 1. The second-order valence-electron chi connectivity index (χ2n) is 8.01. The Hall–Kier alpha value is -1.85. The van der Waals surface area contributed by atoms with Gasteiger partial charge in [0.2, 0.25) is 5.95 Å². The summed E-state index contributed by atoms with van der Waals surface area (Å²) in [6.45, 7) is 8.48. The molecule has 2 heterocycles. The highest BCUT2D eigenvalue weighted by Crippen LogP contribution is 2.21. The van der Waals surface area contributed by atoms with Gasteiger partial charge in [0.15, 0.2) is 0 Å². The molecule has 0 spiro atoms. The summed E-state index contributed by atoms with van der Waals surface area (Å²) in [7, 11) is 0. The number of aromatic nitrogens is 2. The standard InChI is InChI=1S/C19H30N4O2/c1-19(2,3)25-18(24)23-12-10-22(11-13-23)17-20-14-15-8-6-4-5-7-9-16(15)21-17/h14H,4-13H2,1-3H3. The number of hydrogen-bond acceptors (Lipinski definition) is 5. The molecule has 6 heteroatoms. The Balaban J connectivity index is 1.61. The molecule has 0 N–H and O–H groups in total. The lowest BCUT2D eigenvalue weighted by Gasteiger charge is -2.35. The van der Waals surface area contributed by atoms with Gasteiger partial charge in [0.05, 0.1) is 0 Å². The summed E-state index contributed by atoms with van der Waals surface area (Å²) in [5, 5.41) is 0. The van der Waals surface area contributed by atoms with E-state index in [0.717, 1.165) is 31.9 Å². The van der Waals surface area contributed by atoms with E-state index in [1.165, 1.54) is 36.9 Å². The van der Waals surface area contributed by atoms with E-state index in [1.807, 2.05) is 27.0 Å². The van der Waals surface area contributed by atoms with E-state index >= 15 is 0 Å². The number of fused-ring (bicyclic) bond motifs is 1. The normalized spacial score (nSPS) is 19.0. The molecule has 1 saturated heterocycles. The smallest absolute Gasteiger partial charge is 0.410 e. The summed E-state index contributed by atoms with van der Waals surface area (Å²) in [6.07, 6.45) is 9.01. The predicted molar refractivity (Wildman–Crippen MR) is 97.9 cm³/mol. The first-order valence-electron chi connectivity index (χ1n) is 9.50. The first kappa shape index (κ1) is 18.0. The van der Waals surface area contributed by atoms with Crippen molar-refractivity contribution in [3.63, 3.8) is 0 Å². The molecule has 0 atom stereocenters. The van der Waals surface area contributed by atoms with Gasteiger partial charge in [0, 0.05) is 38.1 Å². The number of hydrogen-bond donors (Lipinski definition) is 0. The Morgan fingerprint density at radius 3 is 2.40 bits per heavy atom. The maximum atomic E-state index is 12.2. The average molecular weight is 346 g/mol. The van der Waals surface area contributed by atoms with Gasteiger partial charge in [-0.25, -0.2) is 14.8 Å². The maximum Gasteiger partial charge on any atom is 0.410 e. The van der Waals surface area contributed by atoms with Gasteiger partial charge < -0.3 is 14.5 Å². The lowest BCUT2D eigenvalue weighted by atomic mass is 9.98. The van der Waals surface area contributed by atoms with Gasteiger partial charge in [0.1, 0.15) is 5.60 Å². The van der Waals surface area contributed by atoms with Gasteiger partial charge in [-0.1, -0.05) is 12.8 Å². The summed E-state index contributed by atoms with van der Waals surface area (Å²) < 4.78 is 5.46. The summed E-state index contributed by atoms with van der Waals surface area (Å²) in [5.74, 6) is 0.808. The highest BCUT2D eigenvalue weighted by atomic mass is 16.6. The Morgan fingerprint density at radius 2 is 1.72 bits per heavy atom. The highest BCUT2D eigenvalue weighted by molar-refractivity contribution is 5.68. The molecule has 1 aromatic heterocycles. The fraction of sp³-hybridized carbons (Fsp3) is 0.737. The van der Waals surface area contributed by atoms with Crippen LogP contribution in [-0.4, -0.2) is 52.7 Å². The number of anilines is 1. The number of amides is 1. The summed E-state index contributed by atoms with van der Waals surface area (Å²) >= 11 is 0. The largest absolute Gasteiger partial charge is 0.444 e. The molecule has 1 amide bonds. The maximum absolute atomic E-state index is 12.2. The molecule has 25 heavy (non-hydrogen) atoms. The third-order valence-corrected chi connectivity index (χ3v) is 4.77.